The fraction of sp³-hybridized carbons (Fsp3) is 0.480. The van der Waals surface area contributed by atoms with Gasteiger partial charge in [0.1, 0.15) is 0 Å². The summed E-state index contributed by atoms with van der Waals surface area (Å²) in [6, 6.07) is 19.9. The zero-order valence-corrected chi connectivity index (χ0v) is 17.1. The van der Waals surface area contributed by atoms with Crippen LogP contribution in [-0.4, -0.2) is 41.0 Å². The van der Waals surface area contributed by atoms with Gasteiger partial charge < -0.3 is 15.1 Å². The molecule has 2 aromatic carbocycles. The highest BCUT2D eigenvalue weighted by Crippen LogP contribution is 2.40. The van der Waals surface area contributed by atoms with Gasteiger partial charge in [-0.15, -0.1) is 0 Å². The van der Waals surface area contributed by atoms with Gasteiger partial charge in [-0.2, -0.15) is 0 Å². The number of hydrogen-bond donors (Lipinski definition) is 1. The number of para-hydroxylation sites is 1. The lowest BCUT2D eigenvalue weighted by Gasteiger charge is -2.47. The lowest BCUT2D eigenvalue weighted by Crippen LogP contribution is -2.53. The van der Waals surface area contributed by atoms with Crippen LogP contribution in [0.4, 0.5) is 10.5 Å². The summed E-state index contributed by atoms with van der Waals surface area (Å²) in [5, 5.41) is 3.15. The van der Waals surface area contributed by atoms with E-state index in [0.29, 0.717) is 0 Å². The summed E-state index contributed by atoms with van der Waals surface area (Å²) in [5.41, 5.74) is 3.35. The minimum Gasteiger partial charge on any atom is -0.310 e. The molecule has 4 nitrogen and oxygen atoms in total. The summed E-state index contributed by atoms with van der Waals surface area (Å²) < 4.78 is 0. The molecule has 152 valence electrons. The number of amides is 2. The molecule has 29 heavy (non-hydrogen) atoms. The third kappa shape index (κ3) is 3.66. The van der Waals surface area contributed by atoms with Crippen LogP contribution in [0.15, 0.2) is 54.6 Å². The Morgan fingerprint density at radius 3 is 2.21 bits per heavy atom. The molecule has 0 aromatic heterocycles. The summed E-state index contributed by atoms with van der Waals surface area (Å²) in [4.78, 5) is 18.1. The Balaban J connectivity index is 1.40. The summed E-state index contributed by atoms with van der Waals surface area (Å²) in [7, 11) is 0. The summed E-state index contributed by atoms with van der Waals surface area (Å²) in [6.07, 6.45) is 9.01. The highest BCUT2D eigenvalue weighted by atomic mass is 16.2. The predicted octanol–water partition coefficient (Wildman–Crippen LogP) is 5.42. The quantitative estimate of drug-likeness (QED) is 0.761. The Labute approximate surface area is 173 Å². The number of anilines is 1. The number of hydrogen-bond acceptors (Lipinski definition) is 2. The molecule has 1 aliphatic carbocycles. The Hall–Kier alpha value is -2.33. The predicted molar refractivity (Wildman–Crippen MR) is 117 cm³/mol. The zero-order valence-electron chi connectivity index (χ0n) is 17.1. The first-order chi connectivity index (χ1) is 14.3. The Morgan fingerprint density at radius 1 is 0.759 bits per heavy atom. The average Bonchev–Trinajstić information content (AvgIpc) is 2.79. The number of urea groups is 1. The van der Waals surface area contributed by atoms with Gasteiger partial charge in [0, 0.05) is 36.4 Å². The number of rotatable bonds is 3. The number of fused-ring (bicyclic) bond motifs is 1. The van der Waals surface area contributed by atoms with Gasteiger partial charge in [0.05, 0.1) is 6.04 Å². The van der Waals surface area contributed by atoms with E-state index in [1.165, 1.54) is 43.2 Å². The maximum atomic E-state index is 13.2. The van der Waals surface area contributed by atoms with Crippen LogP contribution in [0, 0.1) is 0 Å². The highest BCUT2D eigenvalue weighted by Gasteiger charge is 2.39. The maximum absolute atomic E-state index is 13.2. The van der Waals surface area contributed by atoms with E-state index in [2.05, 4.69) is 51.5 Å². The standard InChI is InChI=1S/C25H31N3O/c29-25-26-23-14-8-7-13-22(23)24(19-9-3-1-4-10-19)28(25)21-15-17-27(18-16-21)20-11-5-2-6-12-20/h1,3-4,7-10,13-14,20-21,24H,2,5-6,11-12,15-18H2,(H,26,29). The molecule has 4 heteroatoms. The molecule has 2 heterocycles. The molecule has 1 N–H and O–H groups in total. The molecular weight excluding hydrogens is 358 g/mol. The molecule has 1 saturated heterocycles. The van der Waals surface area contributed by atoms with Crippen molar-refractivity contribution in [3.05, 3.63) is 65.7 Å². The van der Waals surface area contributed by atoms with E-state index in [-0.39, 0.29) is 18.1 Å². The molecule has 2 fully saturated rings. The number of likely N-dealkylation sites (tertiary alicyclic amines) is 1. The van der Waals surface area contributed by atoms with Crippen molar-refractivity contribution < 1.29 is 4.79 Å². The summed E-state index contributed by atoms with van der Waals surface area (Å²) in [6.45, 7) is 2.23. The van der Waals surface area contributed by atoms with Crippen molar-refractivity contribution in [2.24, 2.45) is 0 Å². The first-order valence-corrected chi connectivity index (χ1v) is 11.3. The van der Waals surface area contributed by atoms with Gasteiger partial charge in [0.25, 0.3) is 0 Å². The van der Waals surface area contributed by atoms with Gasteiger partial charge in [0.15, 0.2) is 0 Å². The normalized spacial score (nSPS) is 24.2. The average molecular weight is 390 g/mol. The number of carbonyl (C=O) groups is 1. The Bertz CT molecular complexity index is 838. The monoisotopic (exact) mass is 389 g/mol. The van der Waals surface area contributed by atoms with E-state index in [1.54, 1.807) is 0 Å². The van der Waals surface area contributed by atoms with E-state index in [9.17, 15) is 4.79 Å². The number of piperidine rings is 1. The van der Waals surface area contributed by atoms with Crippen molar-refractivity contribution >= 4 is 11.7 Å². The second-order valence-electron chi connectivity index (χ2n) is 8.80. The fourth-order valence-corrected chi connectivity index (χ4v) is 5.62. The molecular formula is C25H31N3O. The molecule has 1 unspecified atom stereocenters. The van der Waals surface area contributed by atoms with E-state index in [1.807, 2.05) is 18.2 Å². The number of nitrogens with zero attached hydrogens (tertiary/aromatic N) is 2. The fourth-order valence-electron chi connectivity index (χ4n) is 5.62. The van der Waals surface area contributed by atoms with Gasteiger partial charge in [-0.3, -0.25) is 0 Å². The van der Waals surface area contributed by atoms with Crippen molar-refractivity contribution in [2.45, 2.75) is 63.1 Å². The molecule has 0 radical (unpaired) electrons. The van der Waals surface area contributed by atoms with Gasteiger partial charge in [0.2, 0.25) is 0 Å². The van der Waals surface area contributed by atoms with Gasteiger partial charge >= 0.3 is 6.03 Å². The first kappa shape index (κ1) is 18.7. The van der Waals surface area contributed by atoms with Gasteiger partial charge in [-0.25, -0.2) is 4.79 Å². The van der Waals surface area contributed by atoms with Crippen molar-refractivity contribution in [1.82, 2.24) is 9.80 Å². The van der Waals surface area contributed by atoms with E-state index in [4.69, 9.17) is 0 Å². The highest BCUT2D eigenvalue weighted by molar-refractivity contribution is 5.93. The van der Waals surface area contributed by atoms with Gasteiger partial charge in [-0.05, 0) is 37.3 Å². The number of carbonyl (C=O) groups excluding carboxylic acids is 1. The van der Waals surface area contributed by atoms with Crippen LogP contribution in [0.3, 0.4) is 0 Å². The Kier molecular flexibility index (Phi) is 5.28. The second-order valence-corrected chi connectivity index (χ2v) is 8.80. The van der Waals surface area contributed by atoms with Gasteiger partial charge in [-0.1, -0.05) is 67.8 Å². The lowest BCUT2D eigenvalue weighted by molar-refractivity contribution is 0.0741. The van der Waals surface area contributed by atoms with Crippen LogP contribution in [0.1, 0.15) is 62.1 Å². The van der Waals surface area contributed by atoms with Crippen LogP contribution < -0.4 is 5.32 Å². The maximum Gasteiger partial charge on any atom is 0.322 e. The molecule has 3 aliphatic rings. The summed E-state index contributed by atoms with van der Waals surface area (Å²) >= 11 is 0. The van der Waals surface area contributed by atoms with E-state index < -0.39 is 0 Å². The number of nitrogens with one attached hydrogen (secondary N) is 1. The molecule has 2 aliphatic heterocycles. The first-order valence-electron chi connectivity index (χ1n) is 11.3. The third-order valence-corrected chi connectivity index (χ3v) is 7.11. The van der Waals surface area contributed by atoms with E-state index in [0.717, 1.165) is 37.7 Å². The Morgan fingerprint density at radius 2 is 1.45 bits per heavy atom. The SMILES string of the molecule is O=C1Nc2ccccc2C(c2ccccc2)N1C1CCN(C2CCCCC2)CC1. The van der Waals surface area contributed by atoms with Crippen LogP contribution in [0.2, 0.25) is 0 Å². The second kappa shape index (κ2) is 8.19. The molecule has 0 bridgehead atoms. The molecule has 5 rings (SSSR count). The minimum absolute atomic E-state index is 0.00706. The third-order valence-electron chi connectivity index (χ3n) is 7.11. The molecule has 2 aromatic rings. The molecule has 1 atom stereocenters. The largest absolute Gasteiger partial charge is 0.322 e. The minimum atomic E-state index is -0.00706. The van der Waals surface area contributed by atoms with Crippen LogP contribution in [0.25, 0.3) is 0 Å². The van der Waals surface area contributed by atoms with Crippen molar-refractivity contribution in [2.75, 3.05) is 18.4 Å². The van der Waals surface area contributed by atoms with Crippen molar-refractivity contribution in [3.63, 3.8) is 0 Å². The van der Waals surface area contributed by atoms with Crippen molar-refractivity contribution in [1.29, 1.82) is 0 Å². The van der Waals surface area contributed by atoms with Crippen LogP contribution >= 0.6 is 0 Å². The van der Waals surface area contributed by atoms with E-state index >= 15 is 0 Å². The molecule has 1 saturated carbocycles. The van der Waals surface area contributed by atoms with Crippen LogP contribution in [-0.2, 0) is 0 Å². The molecule has 0 spiro atoms. The number of benzene rings is 2. The summed E-state index contributed by atoms with van der Waals surface area (Å²) in [5.74, 6) is 0. The molecule has 2 amide bonds. The smallest absolute Gasteiger partial charge is 0.310 e. The zero-order chi connectivity index (χ0) is 19.6. The van der Waals surface area contributed by atoms with Crippen molar-refractivity contribution in [3.8, 4) is 0 Å². The topological polar surface area (TPSA) is 35.6 Å². The lowest BCUT2D eigenvalue weighted by atomic mass is 9.89. The van der Waals surface area contributed by atoms with Crippen LogP contribution in [0.5, 0.6) is 0 Å².